The van der Waals surface area contributed by atoms with Crippen LogP contribution in [0.4, 0.5) is 0 Å². The van der Waals surface area contributed by atoms with Gasteiger partial charge in [-0.3, -0.25) is 13.8 Å². The van der Waals surface area contributed by atoms with Crippen LogP contribution in [0.3, 0.4) is 0 Å². The molecule has 0 aromatic rings. The van der Waals surface area contributed by atoms with Gasteiger partial charge in [0.1, 0.15) is 0 Å². The number of aliphatic hydroxyl groups is 1. The fraction of sp³-hybridized carbons (Fsp3) is 0.821. The van der Waals surface area contributed by atoms with Crippen molar-refractivity contribution in [1.82, 2.24) is 5.32 Å². The Bertz CT molecular complexity index is 850. The molecule has 3 atom stereocenters. The van der Waals surface area contributed by atoms with Gasteiger partial charge >= 0.3 is 7.82 Å². The zero-order chi connectivity index (χ0) is 35.4. The molecule has 8 nitrogen and oxygen atoms in total. The third-order valence-corrected chi connectivity index (χ3v) is 9.53. The molecule has 5 N–H and O–H groups in total. The van der Waals surface area contributed by atoms with Gasteiger partial charge in [0, 0.05) is 13.0 Å². The Labute approximate surface area is 295 Å². The molecule has 0 fully saturated rings. The van der Waals surface area contributed by atoms with Crippen molar-refractivity contribution in [2.24, 2.45) is 5.73 Å². The molecule has 3 unspecified atom stereocenters. The van der Waals surface area contributed by atoms with E-state index in [2.05, 4.69) is 30.5 Å². The number of rotatable bonds is 36. The first kappa shape index (κ1) is 46.7. The standard InChI is InChI=1S/C39H75N2O6P/c1-3-5-7-9-11-13-14-15-16-17-18-19-20-21-22-23-25-27-29-31-33-39(43)41-37(36-47-48(44,45)46-35-34-40)38(42)32-30-28-26-24-12-10-8-6-4-2/h4,6,12,24,30,32,37-38,42H,3,5,7-11,13-23,25-29,31,33-36,40H2,1-2H3,(H,41,43)(H,44,45)/b6-4+,24-12+,32-30+. The van der Waals surface area contributed by atoms with Crippen molar-refractivity contribution in [2.45, 2.75) is 187 Å². The average Bonchev–Trinajstić information content (AvgIpc) is 3.07. The van der Waals surface area contributed by atoms with E-state index in [1.54, 1.807) is 6.08 Å². The van der Waals surface area contributed by atoms with Crippen LogP contribution in [0, 0.1) is 0 Å². The smallest absolute Gasteiger partial charge is 0.387 e. The Morgan fingerprint density at radius 1 is 0.708 bits per heavy atom. The zero-order valence-electron chi connectivity index (χ0n) is 31.0. The Balaban J connectivity index is 4.12. The second-order valence-electron chi connectivity index (χ2n) is 13.1. The molecule has 282 valence electrons. The lowest BCUT2D eigenvalue weighted by Crippen LogP contribution is -2.45. The minimum atomic E-state index is -4.34. The summed E-state index contributed by atoms with van der Waals surface area (Å²) in [5.41, 5.74) is 5.34. The molecule has 0 aliphatic heterocycles. The molecule has 0 rings (SSSR count). The predicted molar refractivity (Wildman–Crippen MR) is 203 cm³/mol. The van der Waals surface area contributed by atoms with Crippen molar-refractivity contribution < 1.29 is 28.4 Å². The van der Waals surface area contributed by atoms with Crippen LogP contribution >= 0.6 is 7.82 Å². The van der Waals surface area contributed by atoms with E-state index in [1.165, 1.54) is 109 Å². The van der Waals surface area contributed by atoms with E-state index < -0.39 is 20.0 Å². The average molecular weight is 699 g/mol. The maximum Gasteiger partial charge on any atom is 0.472 e. The molecule has 0 aliphatic rings. The van der Waals surface area contributed by atoms with Gasteiger partial charge in [-0.1, -0.05) is 165 Å². The first-order valence-electron chi connectivity index (χ1n) is 19.6. The van der Waals surface area contributed by atoms with E-state index in [9.17, 15) is 19.4 Å². The quantitative estimate of drug-likeness (QED) is 0.0291. The van der Waals surface area contributed by atoms with Gasteiger partial charge in [0.05, 0.1) is 25.4 Å². The Hall–Kier alpha value is -1.28. The number of nitrogens with two attached hydrogens (primary N) is 1. The summed E-state index contributed by atoms with van der Waals surface area (Å²) in [5.74, 6) is -0.210. The summed E-state index contributed by atoms with van der Waals surface area (Å²) in [5, 5.41) is 13.5. The number of phosphoric acid groups is 1. The van der Waals surface area contributed by atoms with Crippen molar-refractivity contribution in [3.8, 4) is 0 Å². The summed E-state index contributed by atoms with van der Waals surface area (Å²) in [6, 6.07) is -0.878. The summed E-state index contributed by atoms with van der Waals surface area (Å²) < 4.78 is 22.0. The van der Waals surface area contributed by atoms with Gasteiger partial charge in [-0.15, -0.1) is 0 Å². The van der Waals surface area contributed by atoms with Crippen LogP contribution in [0.1, 0.15) is 174 Å². The van der Waals surface area contributed by atoms with Gasteiger partial charge < -0.3 is 21.1 Å². The topological polar surface area (TPSA) is 131 Å². The number of carbonyl (C=O) groups is 1. The van der Waals surface area contributed by atoms with E-state index in [4.69, 9.17) is 14.8 Å². The number of phosphoric ester groups is 1. The number of amides is 1. The zero-order valence-corrected chi connectivity index (χ0v) is 31.9. The minimum Gasteiger partial charge on any atom is -0.387 e. The molecular weight excluding hydrogens is 623 g/mol. The van der Waals surface area contributed by atoms with E-state index in [0.29, 0.717) is 6.42 Å². The van der Waals surface area contributed by atoms with E-state index in [-0.39, 0.29) is 25.7 Å². The summed E-state index contributed by atoms with van der Waals surface area (Å²) in [6.45, 7) is 3.87. The van der Waals surface area contributed by atoms with Crippen LogP contribution in [0.2, 0.25) is 0 Å². The molecule has 0 saturated heterocycles. The highest BCUT2D eigenvalue weighted by atomic mass is 31.2. The highest BCUT2D eigenvalue weighted by Gasteiger charge is 2.26. The monoisotopic (exact) mass is 699 g/mol. The van der Waals surface area contributed by atoms with Gasteiger partial charge in [0.15, 0.2) is 0 Å². The van der Waals surface area contributed by atoms with E-state index in [0.717, 1.165) is 44.9 Å². The first-order chi connectivity index (χ1) is 23.4. The number of allylic oxidation sites excluding steroid dienone is 5. The third-order valence-electron chi connectivity index (χ3n) is 8.54. The first-order valence-corrected chi connectivity index (χ1v) is 21.1. The number of nitrogens with one attached hydrogen (secondary N) is 1. The predicted octanol–water partition coefficient (Wildman–Crippen LogP) is 10.4. The molecule has 0 aromatic carbocycles. The maximum atomic E-state index is 12.7. The van der Waals surface area contributed by atoms with Crippen LogP contribution in [0.15, 0.2) is 36.5 Å². The highest BCUT2D eigenvalue weighted by Crippen LogP contribution is 2.43. The molecule has 0 radical (unpaired) electrons. The molecule has 0 aliphatic carbocycles. The second-order valence-corrected chi connectivity index (χ2v) is 14.6. The fourth-order valence-electron chi connectivity index (χ4n) is 5.58. The van der Waals surface area contributed by atoms with Crippen molar-refractivity contribution in [1.29, 1.82) is 0 Å². The molecule has 48 heavy (non-hydrogen) atoms. The maximum absolute atomic E-state index is 12.7. The number of aliphatic hydroxyl groups excluding tert-OH is 1. The summed E-state index contributed by atoms with van der Waals surface area (Å²) in [4.78, 5) is 22.6. The van der Waals surface area contributed by atoms with Gasteiger partial charge in [-0.2, -0.15) is 0 Å². The molecule has 0 saturated carbocycles. The largest absolute Gasteiger partial charge is 0.472 e. The minimum absolute atomic E-state index is 0.0721. The Kier molecular flexibility index (Phi) is 34.6. The van der Waals surface area contributed by atoms with Gasteiger partial charge in [-0.25, -0.2) is 4.57 Å². The van der Waals surface area contributed by atoms with Crippen LogP contribution < -0.4 is 11.1 Å². The molecular formula is C39H75N2O6P. The van der Waals surface area contributed by atoms with Gasteiger partial charge in [0.25, 0.3) is 0 Å². The lowest BCUT2D eigenvalue weighted by Gasteiger charge is -2.23. The molecule has 0 aromatic heterocycles. The summed E-state index contributed by atoms with van der Waals surface area (Å²) in [6.07, 6.45) is 40.8. The van der Waals surface area contributed by atoms with E-state index >= 15 is 0 Å². The molecule has 0 bridgehead atoms. The van der Waals surface area contributed by atoms with Crippen molar-refractivity contribution >= 4 is 13.7 Å². The van der Waals surface area contributed by atoms with Gasteiger partial charge in [0.2, 0.25) is 5.91 Å². The fourth-order valence-corrected chi connectivity index (χ4v) is 6.34. The number of carbonyl (C=O) groups excluding carboxylic acids is 1. The Morgan fingerprint density at radius 3 is 1.60 bits per heavy atom. The van der Waals surface area contributed by atoms with E-state index in [1.807, 2.05) is 19.1 Å². The normalized spacial score (nSPS) is 14.7. The van der Waals surface area contributed by atoms with Gasteiger partial charge in [-0.05, 0) is 39.0 Å². The number of unbranched alkanes of at least 4 members (excludes halogenated alkanes) is 21. The SMILES string of the molecule is C/C=C/CC/C=C/CC/C=C/C(O)C(COP(=O)(O)OCCN)NC(=O)CCCCCCCCCCCCCCCCCCCCCC. The third kappa shape index (κ3) is 33.2. The van der Waals surface area contributed by atoms with Crippen LogP contribution in [-0.2, 0) is 18.4 Å². The molecule has 1 amide bonds. The highest BCUT2D eigenvalue weighted by molar-refractivity contribution is 7.47. The van der Waals surface area contributed by atoms with Crippen molar-refractivity contribution in [3.63, 3.8) is 0 Å². The molecule has 0 heterocycles. The second kappa shape index (κ2) is 35.5. The summed E-state index contributed by atoms with van der Waals surface area (Å²) >= 11 is 0. The van der Waals surface area contributed by atoms with Crippen LogP contribution in [0.25, 0.3) is 0 Å². The van der Waals surface area contributed by atoms with Crippen LogP contribution in [0.5, 0.6) is 0 Å². The van der Waals surface area contributed by atoms with Crippen molar-refractivity contribution in [3.05, 3.63) is 36.5 Å². The number of hydrogen-bond donors (Lipinski definition) is 4. The summed E-state index contributed by atoms with van der Waals surface area (Å²) in [7, 11) is -4.34. The van der Waals surface area contributed by atoms with Crippen LogP contribution in [-0.4, -0.2) is 47.8 Å². The lowest BCUT2D eigenvalue weighted by molar-refractivity contribution is -0.123. The Morgan fingerprint density at radius 2 is 1.15 bits per heavy atom. The lowest BCUT2D eigenvalue weighted by atomic mass is 10.0. The number of hydrogen-bond acceptors (Lipinski definition) is 6. The van der Waals surface area contributed by atoms with Crippen molar-refractivity contribution in [2.75, 3.05) is 19.8 Å². The molecule has 9 heteroatoms. The molecule has 0 spiro atoms.